The number of rotatable bonds is 4. The Labute approximate surface area is 121 Å². The molecule has 0 unspecified atom stereocenters. The van der Waals surface area contributed by atoms with Crippen molar-refractivity contribution >= 4 is 17.7 Å². The van der Waals surface area contributed by atoms with Crippen molar-refractivity contribution in [2.24, 2.45) is 0 Å². The minimum atomic E-state index is -0.879. The molecule has 106 valence electrons. The lowest BCUT2D eigenvalue weighted by molar-refractivity contribution is -0.133. The number of carboxylic acids is 1. The second-order valence-electron chi connectivity index (χ2n) is 5.48. The molecule has 1 heterocycles. The summed E-state index contributed by atoms with van der Waals surface area (Å²) in [6.07, 6.45) is 0. The maximum atomic E-state index is 10.5. The summed E-state index contributed by atoms with van der Waals surface area (Å²) in [4.78, 5) is 14.8. The predicted octanol–water partition coefficient (Wildman–Crippen LogP) is 2.95. The zero-order chi connectivity index (χ0) is 14.8. The molecule has 0 saturated carbocycles. The van der Waals surface area contributed by atoms with E-state index in [4.69, 9.17) is 5.11 Å². The molecular formula is C14H17N3O2S. The van der Waals surface area contributed by atoms with Crippen LogP contribution >= 0.6 is 11.8 Å². The van der Waals surface area contributed by atoms with Crippen molar-refractivity contribution in [1.82, 2.24) is 15.2 Å². The highest BCUT2D eigenvalue weighted by Crippen LogP contribution is 2.25. The molecule has 20 heavy (non-hydrogen) atoms. The van der Waals surface area contributed by atoms with Gasteiger partial charge in [0, 0.05) is 5.56 Å². The van der Waals surface area contributed by atoms with E-state index >= 15 is 0 Å². The first kappa shape index (κ1) is 14.6. The van der Waals surface area contributed by atoms with Crippen molar-refractivity contribution in [2.45, 2.75) is 31.3 Å². The van der Waals surface area contributed by atoms with Gasteiger partial charge < -0.3 is 5.11 Å². The lowest BCUT2D eigenvalue weighted by Gasteiger charge is -2.18. The summed E-state index contributed by atoms with van der Waals surface area (Å²) < 4.78 is 0. The number of benzene rings is 1. The van der Waals surface area contributed by atoms with Gasteiger partial charge in [-0.2, -0.15) is 0 Å². The average Bonchev–Trinajstić information content (AvgIpc) is 2.84. The first-order valence-electron chi connectivity index (χ1n) is 6.24. The molecule has 0 amide bonds. The van der Waals surface area contributed by atoms with Crippen LogP contribution in [0.5, 0.6) is 0 Å². The Bertz CT molecular complexity index is 600. The van der Waals surface area contributed by atoms with Gasteiger partial charge in [0.25, 0.3) is 0 Å². The van der Waals surface area contributed by atoms with Crippen LogP contribution in [0.2, 0.25) is 0 Å². The topological polar surface area (TPSA) is 78.9 Å². The number of aromatic nitrogens is 3. The molecule has 0 saturated heterocycles. The number of aromatic amines is 1. The second-order valence-corrected chi connectivity index (χ2v) is 6.42. The summed E-state index contributed by atoms with van der Waals surface area (Å²) in [7, 11) is 0. The zero-order valence-corrected chi connectivity index (χ0v) is 12.5. The molecular weight excluding hydrogens is 274 g/mol. The molecule has 0 aliphatic heterocycles. The molecule has 2 N–H and O–H groups in total. The summed E-state index contributed by atoms with van der Waals surface area (Å²) in [5, 5.41) is 15.9. The van der Waals surface area contributed by atoms with Crippen LogP contribution in [0.4, 0.5) is 0 Å². The molecule has 1 aromatic heterocycles. The Kier molecular flexibility index (Phi) is 4.13. The first-order chi connectivity index (χ1) is 9.36. The van der Waals surface area contributed by atoms with E-state index in [-0.39, 0.29) is 11.2 Å². The van der Waals surface area contributed by atoms with Crippen LogP contribution in [0.25, 0.3) is 11.4 Å². The molecule has 0 bridgehead atoms. The van der Waals surface area contributed by atoms with E-state index in [9.17, 15) is 4.79 Å². The standard InChI is InChI=1S/C14H17N3O2S/c1-14(2,3)10-6-4-9(5-7-10)12-15-13(17-16-12)20-8-11(18)19/h4-7H,8H2,1-3H3,(H,18,19)(H,15,16,17). The molecule has 5 nitrogen and oxygen atoms in total. The first-order valence-corrected chi connectivity index (χ1v) is 7.23. The van der Waals surface area contributed by atoms with Crippen LogP contribution < -0.4 is 0 Å². The Morgan fingerprint density at radius 2 is 1.95 bits per heavy atom. The van der Waals surface area contributed by atoms with E-state index in [0.29, 0.717) is 11.0 Å². The molecule has 0 spiro atoms. The molecule has 0 aliphatic carbocycles. The third-order valence-electron chi connectivity index (χ3n) is 2.81. The predicted molar refractivity (Wildman–Crippen MR) is 78.9 cm³/mol. The Hall–Kier alpha value is -1.82. The highest BCUT2D eigenvalue weighted by atomic mass is 32.2. The monoisotopic (exact) mass is 291 g/mol. The van der Waals surface area contributed by atoms with Crippen LogP contribution in [0.3, 0.4) is 0 Å². The van der Waals surface area contributed by atoms with Crippen molar-refractivity contribution in [2.75, 3.05) is 5.75 Å². The van der Waals surface area contributed by atoms with Gasteiger partial charge in [-0.15, -0.1) is 5.10 Å². The van der Waals surface area contributed by atoms with E-state index in [1.54, 1.807) is 0 Å². The van der Waals surface area contributed by atoms with Crippen molar-refractivity contribution < 1.29 is 9.90 Å². The van der Waals surface area contributed by atoms with E-state index in [2.05, 4.69) is 48.1 Å². The van der Waals surface area contributed by atoms with E-state index in [1.807, 2.05) is 12.1 Å². The fourth-order valence-electron chi connectivity index (χ4n) is 1.69. The van der Waals surface area contributed by atoms with Gasteiger partial charge in [0.1, 0.15) is 0 Å². The van der Waals surface area contributed by atoms with Crippen molar-refractivity contribution in [3.05, 3.63) is 29.8 Å². The van der Waals surface area contributed by atoms with Crippen LogP contribution in [0, 0.1) is 0 Å². The summed E-state index contributed by atoms with van der Waals surface area (Å²) in [6, 6.07) is 8.13. The SMILES string of the molecule is CC(C)(C)c1ccc(-c2nc(SCC(=O)O)n[nH]2)cc1. The lowest BCUT2D eigenvalue weighted by Crippen LogP contribution is -2.10. The van der Waals surface area contributed by atoms with Gasteiger partial charge in [0.05, 0.1) is 5.75 Å². The van der Waals surface area contributed by atoms with Crippen molar-refractivity contribution in [1.29, 1.82) is 0 Å². The normalized spacial score (nSPS) is 11.6. The highest BCUT2D eigenvalue weighted by molar-refractivity contribution is 7.99. The van der Waals surface area contributed by atoms with Crippen LogP contribution in [0.1, 0.15) is 26.3 Å². The van der Waals surface area contributed by atoms with Gasteiger partial charge in [-0.25, -0.2) is 4.98 Å². The number of nitrogens with zero attached hydrogens (tertiary/aromatic N) is 2. The average molecular weight is 291 g/mol. The number of nitrogens with one attached hydrogen (secondary N) is 1. The lowest BCUT2D eigenvalue weighted by atomic mass is 9.87. The summed E-state index contributed by atoms with van der Waals surface area (Å²) >= 11 is 1.10. The van der Waals surface area contributed by atoms with Crippen LogP contribution in [-0.2, 0) is 10.2 Å². The molecule has 1 aromatic carbocycles. The number of carboxylic acid groups (broad SMARTS) is 1. The van der Waals surface area contributed by atoms with Crippen LogP contribution in [-0.4, -0.2) is 32.0 Å². The fourth-order valence-corrected chi connectivity index (χ4v) is 2.21. The molecule has 6 heteroatoms. The van der Waals surface area contributed by atoms with Crippen molar-refractivity contribution in [3.63, 3.8) is 0 Å². The van der Waals surface area contributed by atoms with E-state index < -0.39 is 5.97 Å². The Morgan fingerprint density at radius 3 is 2.50 bits per heavy atom. The number of thioether (sulfide) groups is 1. The number of hydrogen-bond donors (Lipinski definition) is 2. The van der Waals surface area contributed by atoms with Crippen molar-refractivity contribution in [3.8, 4) is 11.4 Å². The fraction of sp³-hybridized carbons (Fsp3) is 0.357. The van der Waals surface area contributed by atoms with Gasteiger partial charge in [-0.05, 0) is 11.0 Å². The smallest absolute Gasteiger partial charge is 0.313 e. The van der Waals surface area contributed by atoms with E-state index in [1.165, 1.54) is 5.56 Å². The third-order valence-corrected chi connectivity index (χ3v) is 3.65. The Morgan fingerprint density at radius 1 is 1.30 bits per heavy atom. The zero-order valence-electron chi connectivity index (χ0n) is 11.7. The van der Waals surface area contributed by atoms with E-state index in [0.717, 1.165) is 17.3 Å². The Balaban J connectivity index is 2.14. The molecule has 2 rings (SSSR count). The van der Waals surface area contributed by atoms with Crippen LogP contribution in [0.15, 0.2) is 29.4 Å². The molecule has 0 aliphatic rings. The molecule has 0 fully saturated rings. The summed E-state index contributed by atoms with van der Waals surface area (Å²) in [5.74, 6) is -0.269. The third kappa shape index (κ3) is 3.60. The molecule has 2 aromatic rings. The maximum absolute atomic E-state index is 10.5. The number of H-pyrrole nitrogens is 1. The van der Waals surface area contributed by atoms with Gasteiger partial charge in [0.2, 0.25) is 5.16 Å². The minimum Gasteiger partial charge on any atom is -0.481 e. The minimum absolute atomic E-state index is 0.0414. The number of carbonyl (C=O) groups is 1. The second kappa shape index (κ2) is 5.66. The summed E-state index contributed by atoms with van der Waals surface area (Å²) in [6.45, 7) is 6.49. The molecule has 0 atom stereocenters. The molecule has 0 radical (unpaired) electrons. The highest BCUT2D eigenvalue weighted by Gasteiger charge is 2.14. The van der Waals surface area contributed by atoms with Gasteiger partial charge in [-0.3, -0.25) is 9.89 Å². The van der Waals surface area contributed by atoms with Gasteiger partial charge in [-0.1, -0.05) is 56.8 Å². The van der Waals surface area contributed by atoms with Gasteiger partial charge >= 0.3 is 5.97 Å². The largest absolute Gasteiger partial charge is 0.481 e. The summed E-state index contributed by atoms with van der Waals surface area (Å²) in [5.41, 5.74) is 2.30. The number of hydrogen-bond acceptors (Lipinski definition) is 4. The number of aliphatic carboxylic acids is 1. The quantitative estimate of drug-likeness (QED) is 0.847. The van der Waals surface area contributed by atoms with Gasteiger partial charge in [0.15, 0.2) is 5.82 Å². The maximum Gasteiger partial charge on any atom is 0.313 e.